The molecule has 0 saturated carbocycles. The summed E-state index contributed by atoms with van der Waals surface area (Å²) in [5.74, 6) is -0.637. The SMILES string of the molecule is CCc1nc(NC(=O)c2cc([N+](=O)[O-])cnc2N)sc1C. The van der Waals surface area contributed by atoms with E-state index >= 15 is 0 Å². The van der Waals surface area contributed by atoms with Crippen LogP contribution in [0.2, 0.25) is 0 Å². The Morgan fingerprint density at radius 3 is 2.86 bits per heavy atom. The smallest absolute Gasteiger partial charge is 0.288 e. The third-order valence-electron chi connectivity index (χ3n) is 2.81. The van der Waals surface area contributed by atoms with E-state index in [0.717, 1.165) is 29.3 Å². The molecule has 0 fully saturated rings. The fourth-order valence-electron chi connectivity index (χ4n) is 1.72. The molecule has 0 aliphatic rings. The minimum Gasteiger partial charge on any atom is -0.383 e. The molecule has 0 atom stereocenters. The molecule has 3 N–H and O–H groups in total. The van der Waals surface area contributed by atoms with Crippen LogP contribution < -0.4 is 11.1 Å². The number of pyridine rings is 1. The van der Waals surface area contributed by atoms with E-state index in [9.17, 15) is 14.9 Å². The molecule has 0 unspecified atom stereocenters. The van der Waals surface area contributed by atoms with Crippen LogP contribution >= 0.6 is 11.3 Å². The third kappa shape index (κ3) is 3.14. The van der Waals surface area contributed by atoms with Gasteiger partial charge in [0, 0.05) is 10.9 Å². The minimum absolute atomic E-state index is 0.0462. The lowest BCUT2D eigenvalue weighted by molar-refractivity contribution is -0.385. The highest BCUT2D eigenvalue weighted by Crippen LogP contribution is 2.24. The molecular weight excluding hydrogens is 294 g/mol. The van der Waals surface area contributed by atoms with Gasteiger partial charge in [-0.25, -0.2) is 9.97 Å². The van der Waals surface area contributed by atoms with Gasteiger partial charge in [-0.05, 0) is 13.3 Å². The number of hydrogen-bond acceptors (Lipinski definition) is 7. The standard InChI is InChI=1S/C12H13N5O3S/c1-3-9-6(2)21-12(15-9)16-11(18)8-4-7(17(19)20)5-14-10(8)13/h4-5H,3H2,1-2H3,(H2,13,14)(H,15,16,18). The monoisotopic (exact) mass is 307 g/mol. The molecule has 0 saturated heterocycles. The van der Waals surface area contributed by atoms with Gasteiger partial charge in [0.05, 0.1) is 16.2 Å². The molecule has 0 bridgehead atoms. The van der Waals surface area contributed by atoms with Crippen molar-refractivity contribution in [1.82, 2.24) is 9.97 Å². The summed E-state index contributed by atoms with van der Waals surface area (Å²) in [5, 5.41) is 13.7. The zero-order chi connectivity index (χ0) is 15.6. The molecule has 0 aromatic carbocycles. The molecule has 2 rings (SSSR count). The van der Waals surface area contributed by atoms with Crippen molar-refractivity contribution < 1.29 is 9.72 Å². The predicted octanol–water partition coefficient (Wildman–Crippen LogP) is 2.15. The number of hydrogen-bond donors (Lipinski definition) is 2. The second-order valence-corrected chi connectivity index (χ2v) is 5.42. The highest BCUT2D eigenvalue weighted by atomic mass is 32.1. The number of rotatable bonds is 4. The lowest BCUT2D eigenvalue weighted by Gasteiger charge is -2.04. The summed E-state index contributed by atoms with van der Waals surface area (Å²) in [6, 6.07) is 1.10. The van der Waals surface area contributed by atoms with Crippen LogP contribution in [-0.2, 0) is 6.42 Å². The third-order valence-corrected chi connectivity index (χ3v) is 3.74. The Kier molecular flexibility index (Phi) is 4.13. The summed E-state index contributed by atoms with van der Waals surface area (Å²) in [5.41, 5.74) is 6.16. The lowest BCUT2D eigenvalue weighted by atomic mass is 10.2. The van der Waals surface area contributed by atoms with E-state index < -0.39 is 10.8 Å². The highest BCUT2D eigenvalue weighted by Gasteiger charge is 2.18. The van der Waals surface area contributed by atoms with Crippen LogP contribution in [0.5, 0.6) is 0 Å². The van der Waals surface area contributed by atoms with Crippen molar-refractivity contribution in [2.45, 2.75) is 20.3 Å². The van der Waals surface area contributed by atoms with E-state index in [2.05, 4.69) is 15.3 Å². The van der Waals surface area contributed by atoms with Crippen LogP contribution in [0.15, 0.2) is 12.3 Å². The van der Waals surface area contributed by atoms with Gasteiger partial charge in [-0.3, -0.25) is 20.2 Å². The van der Waals surface area contributed by atoms with Crippen molar-refractivity contribution in [3.63, 3.8) is 0 Å². The number of anilines is 2. The summed E-state index contributed by atoms with van der Waals surface area (Å²) in [7, 11) is 0. The molecule has 9 heteroatoms. The van der Waals surface area contributed by atoms with Crippen molar-refractivity contribution in [1.29, 1.82) is 0 Å². The topological polar surface area (TPSA) is 124 Å². The number of carbonyl (C=O) groups excluding carboxylic acids is 1. The normalized spacial score (nSPS) is 10.4. The van der Waals surface area contributed by atoms with Gasteiger partial charge in [0.15, 0.2) is 5.13 Å². The van der Waals surface area contributed by atoms with E-state index in [-0.39, 0.29) is 17.1 Å². The maximum atomic E-state index is 12.1. The first-order chi connectivity index (χ1) is 9.92. The molecule has 0 aliphatic heterocycles. The molecule has 0 radical (unpaired) electrons. The van der Waals surface area contributed by atoms with Gasteiger partial charge >= 0.3 is 0 Å². The van der Waals surface area contributed by atoms with Gasteiger partial charge in [0.25, 0.3) is 11.6 Å². The Bertz CT molecular complexity index is 713. The summed E-state index contributed by atoms with van der Waals surface area (Å²) in [6.45, 7) is 3.88. The molecule has 2 aromatic rings. The van der Waals surface area contributed by atoms with Gasteiger partial charge < -0.3 is 5.73 Å². The van der Waals surface area contributed by atoms with Crippen molar-refractivity contribution in [2.75, 3.05) is 11.1 Å². The summed E-state index contributed by atoms with van der Waals surface area (Å²) < 4.78 is 0. The molecule has 21 heavy (non-hydrogen) atoms. The fourth-order valence-corrected chi connectivity index (χ4v) is 2.62. The quantitative estimate of drug-likeness (QED) is 0.658. The second-order valence-electron chi connectivity index (χ2n) is 4.21. The highest BCUT2D eigenvalue weighted by molar-refractivity contribution is 7.15. The number of nitrogens with two attached hydrogens (primary N) is 1. The van der Waals surface area contributed by atoms with E-state index in [0.29, 0.717) is 5.13 Å². The zero-order valence-corrected chi connectivity index (χ0v) is 12.2. The maximum absolute atomic E-state index is 12.1. The van der Waals surface area contributed by atoms with Gasteiger partial charge in [-0.15, -0.1) is 11.3 Å². The average Bonchev–Trinajstić information content (AvgIpc) is 2.78. The predicted molar refractivity (Wildman–Crippen MR) is 79.5 cm³/mol. The molecular formula is C12H13N5O3S. The minimum atomic E-state index is -0.633. The number of nitro groups is 1. The number of carbonyl (C=O) groups is 1. The van der Waals surface area contributed by atoms with Crippen LogP contribution in [0.4, 0.5) is 16.6 Å². The number of nitrogen functional groups attached to an aromatic ring is 1. The summed E-state index contributed by atoms with van der Waals surface area (Å²) >= 11 is 1.34. The van der Waals surface area contributed by atoms with Crippen molar-refractivity contribution in [3.05, 3.63) is 38.5 Å². The Balaban J connectivity index is 2.27. The van der Waals surface area contributed by atoms with E-state index in [1.165, 1.54) is 11.3 Å². The Labute approximate surface area is 124 Å². The van der Waals surface area contributed by atoms with Crippen molar-refractivity contribution in [3.8, 4) is 0 Å². The number of thiazole rings is 1. The van der Waals surface area contributed by atoms with Crippen LogP contribution in [-0.4, -0.2) is 20.8 Å². The Hall–Kier alpha value is -2.55. The first kappa shape index (κ1) is 14.9. The van der Waals surface area contributed by atoms with Gasteiger partial charge in [0.2, 0.25) is 0 Å². The number of nitrogens with zero attached hydrogens (tertiary/aromatic N) is 3. The summed E-state index contributed by atoms with van der Waals surface area (Å²) in [6.07, 6.45) is 1.77. The first-order valence-electron chi connectivity index (χ1n) is 6.10. The Morgan fingerprint density at radius 2 is 2.29 bits per heavy atom. The van der Waals surface area contributed by atoms with Crippen LogP contribution in [0.1, 0.15) is 27.9 Å². The van der Waals surface area contributed by atoms with Gasteiger partial charge in [-0.1, -0.05) is 6.92 Å². The molecule has 8 nitrogen and oxygen atoms in total. The molecule has 1 amide bonds. The molecule has 0 spiro atoms. The lowest BCUT2D eigenvalue weighted by Crippen LogP contribution is -2.15. The van der Waals surface area contributed by atoms with E-state index in [4.69, 9.17) is 5.73 Å². The van der Waals surface area contributed by atoms with Crippen LogP contribution in [0.25, 0.3) is 0 Å². The second kappa shape index (κ2) is 5.83. The fraction of sp³-hybridized carbons (Fsp3) is 0.250. The number of aromatic nitrogens is 2. The van der Waals surface area contributed by atoms with E-state index in [1.54, 1.807) is 0 Å². The molecule has 110 valence electrons. The summed E-state index contributed by atoms with van der Waals surface area (Å²) in [4.78, 5) is 31.2. The maximum Gasteiger partial charge on any atom is 0.288 e. The van der Waals surface area contributed by atoms with Crippen molar-refractivity contribution in [2.24, 2.45) is 0 Å². The zero-order valence-electron chi connectivity index (χ0n) is 11.4. The average molecular weight is 307 g/mol. The van der Waals surface area contributed by atoms with Crippen LogP contribution in [0.3, 0.4) is 0 Å². The molecule has 2 aromatic heterocycles. The number of amides is 1. The number of aryl methyl sites for hydroxylation is 2. The largest absolute Gasteiger partial charge is 0.383 e. The van der Waals surface area contributed by atoms with Gasteiger partial charge in [0.1, 0.15) is 12.0 Å². The number of nitrogens with one attached hydrogen (secondary N) is 1. The first-order valence-corrected chi connectivity index (χ1v) is 6.91. The van der Waals surface area contributed by atoms with Crippen molar-refractivity contribution >= 4 is 33.9 Å². The Morgan fingerprint density at radius 1 is 1.57 bits per heavy atom. The molecule has 0 aliphatic carbocycles. The van der Waals surface area contributed by atoms with E-state index in [1.807, 2.05) is 13.8 Å². The molecule has 2 heterocycles. The van der Waals surface area contributed by atoms with Crippen LogP contribution in [0, 0.1) is 17.0 Å². The van der Waals surface area contributed by atoms with Gasteiger partial charge in [-0.2, -0.15) is 0 Å².